The third-order valence-corrected chi connectivity index (χ3v) is 6.02. The Labute approximate surface area is 144 Å². The molecule has 2 aromatic carbocycles. The van der Waals surface area contributed by atoms with E-state index in [0.29, 0.717) is 21.7 Å². The lowest BCUT2D eigenvalue weighted by Gasteiger charge is -2.30. The second-order valence-corrected chi connectivity index (χ2v) is 7.22. The molecule has 21 heavy (non-hydrogen) atoms. The lowest BCUT2D eigenvalue weighted by molar-refractivity contribution is 0.265. The molecule has 0 N–H and O–H groups in total. The van der Waals surface area contributed by atoms with Gasteiger partial charge in [0.2, 0.25) is 0 Å². The number of para-hydroxylation sites is 1. The van der Waals surface area contributed by atoms with Gasteiger partial charge in [0.1, 0.15) is 11.6 Å². The quantitative estimate of drug-likeness (QED) is 0.401. The maximum absolute atomic E-state index is 14.3. The van der Waals surface area contributed by atoms with Gasteiger partial charge in [0.05, 0.1) is 11.6 Å². The molecule has 1 nitrogen and oxygen atoms in total. The van der Waals surface area contributed by atoms with Gasteiger partial charge in [0.15, 0.2) is 0 Å². The molecule has 0 spiro atoms. The van der Waals surface area contributed by atoms with Crippen molar-refractivity contribution in [3.05, 3.63) is 62.8 Å². The van der Waals surface area contributed by atoms with Crippen molar-refractivity contribution in [3.63, 3.8) is 0 Å². The van der Waals surface area contributed by atoms with E-state index in [1.54, 1.807) is 6.07 Å². The van der Waals surface area contributed by atoms with E-state index in [1.807, 2.05) is 24.3 Å². The minimum atomic E-state index is -0.267. The molecule has 2 atom stereocenters. The molecular weight excluding hydrogens is 422 g/mol. The highest BCUT2D eigenvalue weighted by molar-refractivity contribution is 9.10. The molecule has 5 heteroatoms. The standard InChI is InChI=1S/C16H12Br2ClFO/c17-12-8-14(20)11(7-13(12)19)16(18)10-5-6-21-15-4-2-1-3-9(10)15/h1-4,7-8,10,16H,5-6H2. The zero-order valence-electron chi connectivity index (χ0n) is 11.0. The van der Waals surface area contributed by atoms with Crippen molar-refractivity contribution in [2.45, 2.75) is 17.2 Å². The number of rotatable bonds is 2. The van der Waals surface area contributed by atoms with Gasteiger partial charge in [0.25, 0.3) is 0 Å². The summed E-state index contributed by atoms with van der Waals surface area (Å²) in [7, 11) is 0. The first-order valence-electron chi connectivity index (χ1n) is 6.58. The van der Waals surface area contributed by atoms with Gasteiger partial charge in [-0.3, -0.25) is 0 Å². The van der Waals surface area contributed by atoms with E-state index < -0.39 is 0 Å². The number of ether oxygens (including phenoxy) is 1. The van der Waals surface area contributed by atoms with Crippen molar-refractivity contribution < 1.29 is 9.13 Å². The molecule has 2 aromatic rings. The number of hydrogen-bond donors (Lipinski definition) is 0. The van der Waals surface area contributed by atoms with Crippen molar-refractivity contribution >= 4 is 43.5 Å². The van der Waals surface area contributed by atoms with Gasteiger partial charge in [-0.1, -0.05) is 45.7 Å². The molecule has 1 aliphatic rings. The molecule has 0 amide bonds. The molecule has 0 aliphatic carbocycles. The Morgan fingerprint density at radius 1 is 1.29 bits per heavy atom. The van der Waals surface area contributed by atoms with Crippen LogP contribution in [0.4, 0.5) is 4.39 Å². The van der Waals surface area contributed by atoms with Gasteiger partial charge < -0.3 is 4.74 Å². The lowest BCUT2D eigenvalue weighted by atomic mass is 9.87. The van der Waals surface area contributed by atoms with E-state index in [2.05, 4.69) is 31.9 Å². The van der Waals surface area contributed by atoms with Gasteiger partial charge in [-0.2, -0.15) is 0 Å². The number of hydrogen-bond acceptors (Lipinski definition) is 1. The Kier molecular flexibility index (Phi) is 4.57. The molecule has 3 rings (SSSR count). The Balaban J connectivity index is 2.00. The number of benzene rings is 2. The summed E-state index contributed by atoms with van der Waals surface area (Å²) in [6.45, 7) is 0.635. The first kappa shape index (κ1) is 15.3. The second kappa shape index (κ2) is 6.27. The van der Waals surface area contributed by atoms with Crippen LogP contribution in [0.2, 0.25) is 5.02 Å². The van der Waals surface area contributed by atoms with Crippen LogP contribution in [0.3, 0.4) is 0 Å². The molecule has 110 valence electrons. The van der Waals surface area contributed by atoms with Gasteiger partial charge >= 0.3 is 0 Å². The van der Waals surface area contributed by atoms with Crippen molar-refractivity contribution in [1.82, 2.24) is 0 Å². The first-order valence-corrected chi connectivity index (χ1v) is 8.67. The average molecular weight is 435 g/mol. The Bertz CT molecular complexity index is 677. The highest BCUT2D eigenvalue weighted by Crippen LogP contribution is 2.47. The highest BCUT2D eigenvalue weighted by Gasteiger charge is 2.30. The maximum atomic E-state index is 14.3. The van der Waals surface area contributed by atoms with Crippen molar-refractivity contribution in [1.29, 1.82) is 0 Å². The van der Waals surface area contributed by atoms with Gasteiger partial charge in [-0.15, -0.1) is 0 Å². The predicted molar refractivity (Wildman–Crippen MR) is 90.1 cm³/mol. The summed E-state index contributed by atoms with van der Waals surface area (Å²) in [6.07, 6.45) is 0.833. The molecule has 2 unspecified atom stereocenters. The topological polar surface area (TPSA) is 9.23 Å². The minimum Gasteiger partial charge on any atom is -0.493 e. The summed E-state index contributed by atoms with van der Waals surface area (Å²) >= 11 is 13.0. The summed E-state index contributed by atoms with van der Waals surface area (Å²) < 4.78 is 20.5. The van der Waals surface area contributed by atoms with E-state index in [0.717, 1.165) is 17.7 Å². The van der Waals surface area contributed by atoms with Crippen LogP contribution in [0.15, 0.2) is 40.9 Å². The molecule has 0 radical (unpaired) electrons. The van der Waals surface area contributed by atoms with E-state index in [9.17, 15) is 4.39 Å². The average Bonchev–Trinajstić information content (AvgIpc) is 2.49. The van der Waals surface area contributed by atoms with Crippen LogP contribution in [0.1, 0.15) is 28.3 Å². The molecule has 0 saturated heterocycles. The molecular formula is C16H12Br2ClFO. The van der Waals surface area contributed by atoms with Crippen molar-refractivity contribution in [2.75, 3.05) is 6.61 Å². The maximum Gasteiger partial charge on any atom is 0.128 e. The number of halogens is 4. The van der Waals surface area contributed by atoms with Crippen LogP contribution in [0.5, 0.6) is 5.75 Å². The van der Waals surface area contributed by atoms with E-state index >= 15 is 0 Å². The fraction of sp³-hybridized carbons (Fsp3) is 0.250. The van der Waals surface area contributed by atoms with Crippen molar-refractivity contribution in [3.8, 4) is 5.75 Å². The summed E-state index contributed by atoms with van der Waals surface area (Å²) in [5.41, 5.74) is 1.67. The zero-order valence-corrected chi connectivity index (χ0v) is 14.9. The minimum absolute atomic E-state index is 0.145. The first-order chi connectivity index (χ1) is 10.1. The smallest absolute Gasteiger partial charge is 0.128 e. The van der Waals surface area contributed by atoms with Crippen LogP contribution >= 0.6 is 43.5 Å². The van der Waals surface area contributed by atoms with Crippen LogP contribution < -0.4 is 4.74 Å². The molecule has 0 bridgehead atoms. The van der Waals surface area contributed by atoms with Crippen molar-refractivity contribution in [2.24, 2.45) is 0 Å². The van der Waals surface area contributed by atoms with Crippen LogP contribution in [-0.4, -0.2) is 6.61 Å². The summed E-state index contributed by atoms with van der Waals surface area (Å²) in [6, 6.07) is 11.0. The monoisotopic (exact) mass is 432 g/mol. The molecule has 1 aliphatic heterocycles. The summed E-state index contributed by atoms with van der Waals surface area (Å²) in [4.78, 5) is -0.145. The predicted octanol–water partition coefficient (Wildman–Crippen LogP) is 6.24. The Morgan fingerprint density at radius 2 is 2.05 bits per heavy atom. The van der Waals surface area contributed by atoms with Gasteiger partial charge in [-0.25, -0.2) is 4.39 Å². The van der Waals surface area contributed by atoms with Crippen LogP contribution in [0, 0.1) is 5.82 Å². The van der Waals surface area contributed by atoms with E-state index in [1.165, 1.54) is 6.07 Å². The number of alkyl halides is 1. The third kappa shape index (κ3) is 2.99. The summed E-state index contributed by atoms with van der Waals surface area (Å²) in [5.74, 6) is 0.764. The molecule has 0 saturated carbocycles. The van der Waals surface area contributed by atoms with Crippen LogP contribution in [0.25, 0.3) is 0 Å². The number of fused-ring (bicyclic) bond motifs is 1. The molecule has 1 heterocycles. The second-order valence-electron chi connectivity index (χ2n) is 4.97. The third-order valence-electron chi connectivity index (χ3n) is 3.69. The Morgan fingerprint density at radius 3 is 2.86 bits per heavy atom. The van der Waals surface area contributed by atoms with E-state index in [-0.39, 0.29) is 16.6 Å². The normalized spacial score (nSPS) is 18.8. The Hall–Kier alpha value is -0.580. The molecule has 0 aromatic heterocycles. The van der Waals surface area contributed by atoms with Gasteiger partial charge in [0, 0.05) is 20.8 Å². The van der Waals surface area contributed by atoms with Gasteiger partial charge in [-0.05, 0) is 46.1 Å². The largest absolute Gasteiger partial charge is 0.493 e. The fourth-order valence-electron chi connectivity index (χ4n) is 2.64. The van der Waals surface area contributed by atoms with E-state index in [4.69, 9.17) is 16.3 Å². The molecule has 0 fully saturated rings. The summed E-state index contributed by atoms with van der Waals surface area (Å²) in [5, 5.41) is 0.510. The lowest BCUT2D eigenvalue weighted by Crippen LogP contribution is -2.18. The highest BCUT2D eigenvalue weighted by atomic mass is 79.9. The van der Waals surface area contributed by atoms with Crippen LogP contribution in [-0.2, 0) is 0 Å². The fourth-order valence-corrected chi connectivity index (χ4v) is 4.03. The SMILES string of the molecule is Fc1cc(Br)c(Cl)cc1C(Br)C1CCOc2ccccc21. The zero-order chi connectivity index (χ0) is 15.0.